The van der Waals surface area contributed by atoms with Gasteiger partial charge < -0.3 is 5.73 Å². The third-order valence-corrected chi connectivity index (χ3v) is 4.57. The Kier molecular flexibility index (Phi) is 2.61. The van der Waals surface area contributed by atoms with Gasteiger partial charge in [-0.25, -0.2) is 0 Å². The summed E-state index contributed by atoms with van der Waals surface area (Å²) in [6.07, 6.45) is 0. The number of aromatic nitrogens is 2. The minimum absolute atomic E-state index is 0.793. The Morgan fingerprint density at radius 3 is 2.35 bits per heavy atom. The lowest BCUT2D eigenvalue weighted by atomic mass is 10.0. The number of nitrogen functional groups attached to an aromatic ring is 1. The minimum atomic E-state index is 0.793. The van der Waals surface area contributed by atoms with Crippen molar-refractivity contribution in [1.82, 2.24) is 8.75 Å². The summed E-state index contributed by atoms with van der Waals surface area (Å²) in [5.74, 6) is 0.805. The molecule has 0 fully saturated rings. The van der Waals surface area contributed by atoms with E-state index in [1.807, 2.05) is 12.1 Å². The first-order valence-corrected chi connectivity index (χ1v) is 8.21. The highest BCUT2D eigenvalue weighted by Gasteiger charge is 2.10. The predicted octanol–water partition coefficient (Wildman–Crippen LogP) is 4.44. The summed E-state index contributed by atoms with van der Waals surface area (Å²) in [6, 6.07) is 16.7. The predicted molar refractivity (Wildman–Crippen MR) is 87.1 cm³/mol. The van der Waals surface area contributed by atoms with Gasteiger partial charge in [-0.15, -0.1) is 4.37 Å². The maximum Gasteiger partial charge on any atom is 0.462 e. The Hall–Kier alpha value is -2.11. The van der Waals surface area contributed by atoms with E-state index >= 15 is 0 Å². The number of benzene rings is 3. The van der Waals surface area contributed by atoms with Crippen LogP contribution >= 0.6 is 21.1 Å². The molecule has 0 aliphatic carbocycles. The molecule has 1 heterocycles. The molecular formula is C15H10N3S2+. The second kappa shape index (κ2) is 4.47. The Balaban J connectivity index is 1.98. The Morgan fingerprint density at radius 2 is 1.60 bits per heavy atom. The van der Waals surface area contributed by atoms with Crippen LogP contribution in [0.25, 0.3) is 32.9 Å². The summed E-state index contributed by atoms with van der Waals surface area (Å²) in [4.78, 5) is 0. The zero-order valence-corrected chi connectivity index (χ0v) is 12.0. The van der Waals surface area contributed by atoms with Crippen LogP contribution in [0.3, 0.4) is 0 Å². The summed E-state index contributed by atoms with van der Waals surface area (Å²) < 4.78 is 8.60. The standard InChI is InChI=1S/C15H10N3S2/c16-14-4-3-10-5-12-7-11(15-17-19-20-18-15)2-1-9(12)6-13(10)8-14/h1-8H,16H2/q+1. The molecule has 0 aliphatic heterocycles. The van der Waals surface area contributed by atoms with Gasteiger partial charge in [-0.2, -0.15) is 0 Å². The number of anilines is 1. The van der Waals surface area contributed by atoms with E-state index in [1.165, 1.54) is 42.6 Å². The highest BCUT2D eigenvalue weighted by molar-refractivity contribution is 7.64. The number of hydrogen-bond acceptors (Lipinski definition) is 4. The van der Waals surface area contributed by atoms with Crippen molar-refractivity contribution in [3.05, 3.63) is 48.5 Å². The maximum atomic E-state index is 5.84. The number of rotatable bonds is 1. The number of nitrogens with zero attached hydrogens (tertiary/aromatic N) is 2. The molecule has 0 aliphatic rings. The van der Waals surface area contributed by atoms with E-state index in [9.17, 15) is 0 Å². The fraction of sp³-hybridized carbons (Fsp3) is 0. The molecule has 4 rings (SSSR count). The SMILES string of the molecule is Nc1ccc2cc3cc(-c4ns[s+]n4)ccc3cc2c1. The van der Waals surface area contributed by atoms with Crippen LogP contribution in [0.1, 0.15) is 0 Å². The molecular weight excluding hydrogens is 286 g/mol. The lowest BCUT2D eigenvalue weighted by molar-refractivity contribution is 1.39. The molecule has 4 aromatic rings. The number of nitrogens with two attached hydrogens (primary N) is 1. The van der Waals surface area contributed by atoms with Gasteiger partial charge in [0.05, 0.1) is 4.37 Å². The zero-order chi connectivity index (χ0) is 13.5. The normalized spacial score (nSPS) is 11.2. The highest BCUT2D eigenvalue weighted by atomic mass is 32.9. The monoisotopic (exact) mass is 296 g/mol. The van der Waals surface area contributed by atoms with Crippen molar-refractivity contribution in [2.45, 2.75) is 0 Å². The molecule has 0 saturated heterocycles. The lowest BCUT2D eigenvalue weighted by Crippen LogP contribution is -1.85. The van der Waals surface area contributed by atoms with E-state index in [2.05, 4.69) is 45.1 Å². The van der Waals surface area contributed by atoms with Crippen molar-refractivity contribution in [3.63, 3.8) is 0 Å². The smallest absolute Gasteiger partial charge is 0.399 e. The molecule has 0 spiro atoms. The van der Waals surface area contributed by atoms with Crippen LogP contribution in [0.2, 0.25) is 0 Å². The van der Waals surface area contributed by atoms with E-state index < -0.39 is 0 Å². The molecule has 1 aromatic heterocycles. The Labute approximate surface area is 123 Å². The van der Waals surface area contributed by atoms with E-state index in [-0.39, 0.29) is 0 Å². The van der Waals surface area contributed by atoms with Gasteiger partial charge in [-0.3, -0.25) is 0 Å². The van der Waals surface area contributed by atoms with Crippen LogP contribution in [0.4, 0.5) is 5.69 Å². The van der Waals surface area contributed by atoms with Gasteiger partial charge in [-0.1, -0.05) is 18.2 Å². The Bertz CT molecular complexity index is 917. The van der Waals surface area contributed by atoms with Crippen LogP contribution in [0, 0.1) is 0 Å². The molecule has 3 nitrogen and oxygen atoms in total. The summed E-state index contributed by atoms with van der Waals surface area (Å²) in [6.45, 7) is 0. The Morgan fingerprint density at radius 1 is 0.850 bits per heavy atom. The van der Waals surface area contributed by atoms with Crippen molar-refractivity contribution in [2.75, 3.05) is 5.73 Å². The number of hydrogen-bond donors (Lipinski definition) is 1. The zero-order valence-electron chi connectivity index (χ0n) is 10.4. The van der Waals surface area contributed by atoms with Gasteiger partial charge in [0, 0.05) is 11.3 Å². The van der Waals surface area contributed by atoms with Crippen molar-refractivity contribution in [2.24, 2.45) is 0 Å². The van der Waals surface area contributed by atoms with E-state index in [0.29, 0.717) is 0 Å². The third kappa shape index (κ3) is 1.92. The molecule has 0 amide bonds. The van der Waals surface area contributed by atoms with Crippen LogP contribution < -0.4 is 5.73 Å². The second-order valence-corrected chi connectivity index (χ2v) is 6.23. The third-order valence-electron chi connectivity index (χ3n) is 3.36. The first-order chi connectivity index (χ1) is 9.79. The van der Waals surface area contributed by atoms with Crippen molar-refractivity contribution in [1.29, 1.82) is 0 Å². The average molecular weight is 296 g/mol. The molecule has 96 valence electrons. The van der Waals surface area contributed by atoms with Gasteiger partial charge in [0.1, 0.15) is 0 Å². The molecule has 0 bridgehead atoms. The van der Waals surface area contributed by atoms with Crippen LogP contribution in [0.15, 0.2) is 48.5 Å². The molecule has 0 atom stereocenters. The first kappa shape index (κ1) is 11.7. The summed E-state index contributed by atoms with van der Waals surface area (Å²) in [5, 5.41) is 4.75. The van der Waals surface area contributed by atoms with Crippen LogP contribution in [-0.2, 0) is 0 Å². The molecule has 0 unspecified atom stereocenters. The van der Waals surface area contributed by atoms with Gasteiger partial charge in [-0.05, 0) is 51.9 Å². The molecule has 3 aromatic carbocycles. The van der Waals surface area contributed by atoms with Crippen molar-refractivity contribution >= 4 is 48.3 Å². The summed E-state index contributed by atoms with van der Waals surface area (Å²) in [7, 11) is 2.82. The van der Waals surface area contributed by atoms with Gasteiger partial charge in [0.25, 0.3) is 0 Å². The van der Waals surface area contributed by atoms with Crippen LogP contribution in [-0.4, -0.2) is 8.75 Å². The lowest BCUT2D eigenvalue weighted by Gasteiger charge is -2.04. The summed E-state index contributed by atoms with van der Waals surface area (Å²) in [5.41, 5.74) is 7.70. The highest BCUT2D eigenvalue weighted by Crippen LogP contribution is 2.28. The fourth-order valence-corrected chi connectivity index (χ4v) is 3.56. The van der Waals surface area contributed by atoms with Crippen molar-refractivity contribution in [3.8, 4) is 11.4 Å². The molecule has 0 saturated carbocycles. The van der Waals surface area contributed by atoms with Crippen molar-refractivity contribution < 1.29 is 0 Å². The van der Waals surface area contributed by atoms with Gasteiger partial charge >= 0.3 is 21.1 Å². The topological polar surface area (TPSA) is 51.8 Å². The molecule has 2 N–H and O–H groups in total. The average Bonchev–Trinajstić information content (AvgIpc) is 2.98. The van der Waals surface area contributed by atoms with Gasteiger partial charge in [0.2, 0.25) is 5.82 Å². The molecule has 20 heavy (non-hydrogen) atoms. The van der Waals surface area contributed by atoms with Gasteiger partial charge in [0.15, 0.2) is 0 Å². The van der Waals surface area contributed by atoms with E-state index in [0.717, 1.165) is 17.1 Å². The molecule has 5 heteroatoms. The molecule has 0 radical (unpaired) electrons. The minimum Gasteiger partial charge on any atom is -0.399 e. The van der Waals surface area contributed by atoms with Crippen LogP contribution in [0.5, 0.6) is 0 Å². The van der Waals surface area contributed by atoms with E-state index in [1.54, 1.807) is 0 Å². The second-order valence-electron chi connectivity index (χ2n) is 4.68. The first-order valence-electron chi connectivity index (χ1n) is 6.15. The summed E-state index contributed by atoms with van der Waals surface area (Å²) >= 11 is 0. The fourth-order valence-electron chi connectivity index (χ4n) is 2.38. The largest absolute Gasteiger partial charge is 0.462 e. The number of fused-ring (bicyclic) bond motifs is 2. The maximum absolute atomic E-state index is 5.84. The van der Waals surface area contributed by atoms with E-state index in [4.69, 9.17) is 5.73 Å². The quantitative estimate of drug-likeness (QED) is 0.244.